The molecule has 1 atom stereocenters. The first-order valence-corrected chi connectivity index (χ1v) is 7.90. The van der Waals surface area contributed by atoms with Crippen LogP contribution in [0.3, 0.4) is 0 Å². The van der Waals surface area contributed by atoms with Crippen molar-refractivity contribution in [2.75, 3.05) is 11.5 Å². The lowest BCUT2D eigenvalue weighted by molar-refractivity contribution is -0.120. The smallest absolute Gasteiger partial charge is 0.221 e. The van der Waals surface area contributed by atoms with Crippen LogP contribution in [0.15, 0.2) is 27.6 Å². The molecule has 0 saturated heterocycles. The van der Waals surface area contributed by atoms with Crippen LogP contribution in [0.5, 0.6) is 0 Å². The van der Waals surface area contributed by atoms with Gasteiger partial charge < -0.3 is 11.1 Å². The number of amides is 1. The summed E-state index contributed by atoms with van der Waals surface area (Å²) in [6.07, 6.45) is 2.43. The summed E-state index contributed by atoms with van der Waals surface area (Å²) in [5, 5.41) is 2.88. The lowest BCUT2D eigenvalue weighted by atomic mass is 10.3. The monoisotopic (exact) mass is 330 g/mol. The second-order valence-corrected chi connectivity index (χ2v) is 6.72. The first kappa shape index (κ1) is 13.5. The molecular weight excluding hydrogens is 316 g/mol. The normalized spacial score (nSPS) is 16.3. The van der Waals surface area contributed by atoms with Crippen molar-refractivity contribution in [2.24, 2.45) is 0 Å². The lowest BCUT2D eigenvalue weighted by Gasteiger charge is -2.06. The van der Waals surface area contributed by atoms with E-state index >= 15 is 0 Å². The van der Waals surface area contributed by atoms with Crippen molar-refractivity contribution in [3.05, 3.63) is 22.7 Å². The highest BCUT2D eigenvalue weighted by Gasteiger charge is 2.23. The summed E-state index contributed by atoms with van der Waals surface area (Å²) in [5.74, 6) is 0.318. The summed E-state index contributed by atoms with van der Waals surface area (Å²) in [6, 6.07) is 5.52. The number of anilines is 1. The van der Waals surface area contributed by atoms with Crippen molar-refractivity contribution in [1.82, 2.24) is 5.32 Å². The van der Waals surface area contributed by atoms with Gasteiger partial charge in [-0.15, -0.1) is 0 Å². The van der Waals surface area contributed by atoms with E-state index in [2.05, 4.69) is 21.2 Å². The maximum absolute atomic E-state index is 12.0. The molecule has 18 heavy (non-hydrogen) atoms. The van der Waals surface area contributed by atoms with E-state index < -0.39 is 10.8 Å². The fourth-order valence-corrected chi connectivity index (χ4v) is 3.55. The third kappa shape index (κ3) is 3.81. The number of nitrogens with two attached hydrogens (primary N) is 1. The Kier molecular flexibility index (Phi) is 4.40. The highest BCUT2D eigenvalue weighted by molar-refractivity contribution is 9.10. The van der Waals surface area contributed by atoms with E-state index in [4.69, 9.17) is 5.73 Å². The standard InChI is InChI=1S/C12H15BrN2O2S/c13-10-7-8(14)1-4-11(10)18(17)6-5-12(16)15-9-2-3-9/h1,4,7,9H,2-3,5-6,14H2,(H,15,16). The average Bonchev–Trinajstić information content (AvgIpc) is 3.10. The van der Waals surface area contributed by atoms with E-state index in [1.165, 1.54) is 0 Å². The minimum absolute atomic E-state index is 0.0163. The summed E-state index contributed by atoms with van der Waals surface area (Å²) in [4.78, 5) is 12.2. The summed E-state index contributed by atoms with van der Waals surface area (Å²) < 4.78 is 12.8. The largest absolute Gasteiger partial charge is 0.399 e. The van der Waals surface area contributed by atoms with Crippen LogP contribution in [-0.4, -0.2) is 21.9 Å². The summed E-state index contributed by atoms with van der Waals surface area (Å²) in [5.41, 5.74) is 6.24. The molecule has 98 valence electrons. The molecule has 0 aromatic heterocycles. The fraction of sp³-hybridized carbons (Fsp3) is 0.417. The third-order valence-electron chi connectivity index (χ3n) is 2.66. The van der Waals surface area contributed by atoms with Crippen LogP contribution >= 0.6 is 15.9 Å². The lowest BCUT2D eigenvalue weighted by Crippen LogP contribution is -2.26. The van der Waals surface area contributed by atoms with Gasteiger partial charge in [0.2, 0.25) is 5.91 Å². The number of benzene rings is 1. The van der Waals surface area contributed by atoms with Crippen LogP contribution in [0, 0.1) is 0 Å². The van der Waals surface area contributed by atoms with Gasteiger partial charge in [0.05, 0.1) is 15.7 Å². The van der Waals surface area contributed by atoms with Crippen LogP contribution in [0.1, 0.15) is 19.3 Å². The highest BCUT2D eigenvalue weighted by Crippen LogP contribution is 2.23. The van der Waals surface area contributed by atoms with Crippen molar-refractivity contribution in [2.45, 2.75) is 30.2 Å². The maximum Gasteiger partial charge on any atom is 0.221 e. The van der Waals surface area contributed by atoms with Gasteiger partial charge in [0.25, 0.3) is 0 Å². The zero-order chi connectivity index (χ0) is 13.1. The van der Waals surface area contributed by atoms with Gasteiger partial charge in [-0.25, -0.2) is 0 Å². The molecule has 1 amide bonds. The molecule has 1 saturated carbocycles. The van der Waals surface area contributed by atoms with Gasteiger partial charge in [-0.3, -0.25) is 9.00 Å². The molecule has 0 bridgehead atoms. The second kappa shape index (κ2) is 5.84. The van der Waals surface area contributed by atoms with Crippen LogP contribution in [-0.2, 0) is 15.6 Å². The fourth-order valence-electron chi connectivity index (χ4n) is 1.52. The molecule has 1 aliphatic rings. The number of nitrogen functional groups attached to an aromatic ring is 1. The molecular formula is C12H15BrN2O2S. The molecule has 1 aliphatic carbocycles. The van der Waals surface area contributed by atoms with Gasteiger partial charge in [0.1, 0.15) is 0 Å². The Morgan fingerprint density at radius 3 is 2.83 bits per heavy atom. The number of rotatable bonds is 5. The molecule has 3 N–H and O–H groups in total. The topological polar surface area (TPSA) is 72.2 Å². The molecule has 1 fully saturated rings. The van der Waals surface area contributed by atoms with Crippen molar-refractivity contribution >= 4 is 38.3 Å². The Hall–Kier alpha value is -0.880. The van der Waals surface area contributed by atoms with Crippen molar-refractivity contribution in [1.29, 1.82) is 0 Å². The molecule has 1 unspecified atom stereocenters. The predicted octanol–water partition coefficient (Wildman–Crippen LogP) is 1.81. The Morgan fingerprint density at radius 2 is 2.22 bits per heavy atom. The zero-order valence-electron chi connectivity index (χ0n) is 9.82. The first-order chi connectivity index (χ1) is 8.56. The van der Waals surface area contributed by atoms with E-state index in [1.54, 1.807) is 18.2 Å². The van der Waals surface area contributed by atoms with Crippen molar-refractivity contribution in [3.8, 4) is 0 Å². The number of nitrogens with one attached hydrogen (secondary N) is 1. The molecule has 2 rings (SSSR count). The van der Waals surface area contributed by atoms with Gasteiger partial charge in [0, 0.05) is 28.4 Å². The molecule has 0 radical (unpaired) electrons. The van der Waals surface area contributed by atoms with E-state index in [1.807, 2.05) is 0 Å². The van der Waals surface area contributed by atoms with E-state index in [0.29, 0.717) is 28.8 Å². The molecule has 0 heterocycles. The Labute approximate surface area is 117 Å². The third-order valence-corrected chi connectivity index (χ3v) is 5.00. The molecule has 1 aromatic rings. The second-order valence-electron chi connectivity index (χ2n) is 4.33. The van der Waals surface area contributed by atoms with Gasteiger partial charge in [-0.1, -0.05) is 0 Å². The van der Waals surface area contributed by atoms with Gasteiger partial charge >= 0.3 is 0 Å². The zero-order valence-corrected chi connectivity index (χ0v) is 12.2. The van der Waals surface area contributed by atoms with Crippen LogP contribution in [0.25, 0.3) is 0 Å². The van der Waals surface area contributed by atoms with Gasteiger partial charge in [0.15, 0.2) is 0 Å². The highest BCUT2D eigenvalue weighted by atomic mass is 79.9. The molecule has 4 nitrogen and oxygen atoms in total. The quantitative estimate of drug-likeness (QED) is 0.808. The number of carbonyl (C=O) groups is 1. The summed E-state index contributed by atoms with van der Waals surface area (Å²) in [7, 11) is -1.18. The molecule has 0 spiro atoms. The van der Waals surface area contributed by atoms with Crippen molar-refractivity contribution < 1.29 is 9.00 Å². The average molecular weight is 331 g/mol. The molecule has 6 heteroatoms. The predicted molar refractivity (Wildman–Crippen MR) is 75.6 cm³/mol. The number of carbonyl (C=O) groups excluding carboxylic acids is 1. The van der Waals surface area contributed by atoms with E-state index in [0.717, 1.165) is 17.3 Å². The van der Waals surface area contributed by atoms with Crippen LogP contribution in [0.2, 0.25) is 0 Å². The minimum Gasteiger partial charge on any atom is -0.399 e. The number of halogens is 1. The summed E-state index contributed by atoms with van der Waals surface area (Å²) in [6.45, 7) is 0. The maximum atomic E-state index is 12.0. The van der Waals surface area contributed by atoms with Gasteiger partial charge in [-0.05, 0) is 47.0 Å². The Balaban J connectivity index is 1.88. The Morgan fingerprint density at radius 1 is 1.50 bits per heavy atom. The van der Waals surface area contributed by atoms with Crippen LogP contribution < -0.4 is 11.1 Å². The molecule has 1 aromatic carbocycles. The Bertz CT molecular complexity index is 489. The number of hydrogen-bond acceptors (Lipinski definition) is 3. The van der Waals surface area contributed by atoms with Crippen molar-refractivity contribution in [3.63, 3.8) is 0 Å². The van der Waals surface area contributed by atoms with E-state index in [9.17, 15) is 9.00 Å². The SMILES string of the molecule is Nc1ccc(S(=O)CCC(=O)NC2CC2)c(Br)c1. The number of hydrogen-bond donors (Lipinski definition) is 2. The first-order valence-electron chi connectivity index (χ1n) is 5.79. The summed E-state index contributed by atoms with van der Waals surface area (Å²) >= 11 is 3.33. The molecule has 0 aliphatic heterocycles. The van der Waals surface area contributed by atoms with Gasteiger partial charge in [-0.2, -0.15) is 0 Å². The van der Waals surface area contributed by atoms with E-state index in [-0.39, 0.29) is 5.91 Å². The van der Waals surface area contributed by atoms with Crippen LogP contribution in [0.4, 0.5) is 5.69 Å². The minimum atomic E-state index is -1.18.